The fraction of sp³-hybridized carbons (Fsp3) is 0.0870. The number of hydrogen-bond donors (Lipinski definition) is 0. The van der Waals surface area contributed by atoms with Crippen LogP contribution in [0.4, 0.5) is 0 Å². The van der Waals surface area contributed by atoms with Crippen molar-refractivity contribution < 1.29 is 9.47 Å². The number of halogens is 1. The molecule has 6 nitrogen and oxygen atoms in total. The van der Waals surface area contributed by atoms with Crippen LogP contribution in [0.3, 0.4) is 0 Å². The van der Waals surface area contributed by atoms with Crippen LogP contribution in [-0.4, -0.2) is 21.5 Å². The summed E-state index contributed by atoms with van der Waals surface area (Å²) < 4.78 is 14.5. The molecule has 5 rings (SSSR count). The van der Waals surface area contributed by atoms with E-state index < -0.39 is 0 Å². The summed E-state index contributed by atoms with van der Waals surface area (Å²) in [4.78, 5) is 22.5. The molecule has 3 aromatic heterocycles. The number of rotatable bonds is 5. The first-order valence-electron chi connectivity index (χ1n) is 9.46. The molecule has 0 atom stereocenters. The molecule has 5 aromatic rings. The molecule has 0 N–H and O–H groups in total. The number of hydrogen-bond acceptors (Lipinski definition) is 6. The van der Waals surface area contributed by atoms with Crippen molar-refractivity contribution in [2.45, 2.75) is 6.61 Å². The van der Waals surface area contributed by atoms with Crippen molar-refractivity contribution in [3.63, 3.8) is 0 Å². The second kappa shape index (κ2) is 8.13. The first kappa shape index (κ1) is 19.7. The average molecular weight is 494 g/mol. The highest BCUT2D eigenvalue weighted by Gasteiger charge is 2.14. The Kier molecular flexibility index (Phi) is 5.17. The SMILES string of the molecule is COc1cc(/C=c2\sc3nc4ccccc4n3c2=O)cc(Br)c1OCc1ccccn1. The van der Waals surface area contributed by atoms with Crippen LogP contribution in [0, 0.1) is 0 Å². The number of pyridine rings is 1. The van der Waals surface area contributed by atoms with E-state index in [0.29, 0.717) is 27.6 Å². The maximum Gasteiger partial charge on any atom is 0.274 e. The molecule has 0 amide bonds. The van der Waals surface area contributed by atoms with Crippen LogP contribution in [0.25, 0.3) is 22.1 Å². The molecule has 31 heavy (non-hydrogen) atoms. The van der Waals surface area contributed by atoms with Gasteiger partial charge >= 0.3 is 0 Å². The molecule has 3 heterocycles. The monoisotopic (exact) mass is 493 g/mol. The molecule has 0 aliphatic heterocycles. The summed E-state index contributed by atoms with van der Waals surface area (Å²) in [5, 5.41) is 0. The van der Waals surface area contributed by atoms with Gasteiger partial charge in [-0.3, -0.25) is 9.78 Å². The minimum atomic E-state index is -0.0840. The lowest BCUT2D eigenvalue weighted by molar-refractivity contribution is 0.279. The smallest absolute Gasteiger partial charge is 0.274 e. The predicted octanol–water partition coefficient (Wildman–Crippen LogP) is 4.20. The van der Waals surface area contributed by atoms with Crippen molar-refractivity contribution in [3.8, 4) is 11.5 Å². The van der Waals surface area contributed by atoms with Crippen LogP contribution in [-0.2, 0) is 6.61 Å². The van der Waals surface area contributed by atoms with Gasteiger partial charge < -0.3 is 9.47 Å². The quantitative estimate of drug-likeness (QED) is 0.367. The first-order chi connectivity index (χ1) is 15.1. The molecule has 0 saturated carbocycles. The van der Waals surface area contributed by atoms with Crippen molar-refractivity contribution in [1.82, 2.24) is 14.4 Å². The molecule has 0 radical (unpaired) electrons. The third kappa shape index (κ3) is 3.68. The molecule has 0 bridgehead atoms. The molecule has 0 fully saturated rings. The summed E-state index contributed by atoms with van der Waals surface area (Å²) >= 11 is 4.93. The van der Waals surface area contributed by atoms with Crippen molar-refractivity contribution in [1.29, 1.82) is 0 Å². The highest BCUT2D eigenvalue weighted by molar-refractivity contribution is 9.10. The minimum absolute atomic E-state index is 0.0840. The van der Waals surface area contributed by atoms with Gasteiger partial charge in [0, 0.05) is 6.20 Å². The molecule has 0 unspecified atom stereocenters. The molecule has 8 heteroatoms. The molecule has 0 saturated heterocycles. The van der Waals surface area contributed by atoms with Gasteiger partial charge in [-0.25, -0.2) is 9.38 Å². The van der Waals surface area contributed by atoms with Gasteiger partial charge in [0.2, 0.25) is 0 Å². The molecule has 154 valence electrons. The molecular formula is C23H16BrN3O3S. The van der Waals surface area contributed by atoms with Gasteiger partial charge in [0.25, 0.3) is 5.56 Å². The van der Waals surface area contributed by atoms with Gasteiger partial charge in [-0.05, 0) is 64.0 Å². The van der Waals surface area contributed by atoms with Crippen molar-refractivity contribution in [2.75, 3.05) is 7.11 Å². The van der Waals surface area contributed by atoms with Gasteiger partial charge in [0.1, 0.15) is 6.61 Å². The number of thiazole rings is 1. The molecule has 0 aliphatic rings. The Morgan fingerprint density at radius 1 is 1.16 bits per heavy atom. The van der Waals surface area contributed by atoms with Crippen LogP contribution < -0.4 is 19.6 Å². The van der Waals surface area contributed by atoms with E-state index in [9.17, 15) is 4.79 Å². The van der Waals surface area contributed by atoms with E-state index in [2.05, 4.69) is 25.9 Å². The number of ether oxygens (including phenoxy) is 2. The van der Waals surface area contributed by atoms with E-state index >= 15 is 0 Å². The Morgan fingerprint density at radius 3 is 2.81 bits per heavy atom. The minimum Gasteiger partial charge on any atom is -0.493 e. The molecule has 0 spiro atoms. The fourth-order valence-electron chi connectivity index (χ4n) is 3.36. The van der Waals surface area contributed by atoms with E-state index in [1.54, 1.807) is 17.7 Å². The van der Waals surface area contributed by atoms with Crippen LogP contribution >= 0.6 is 27.3 Å². The average Bonchev–Trinajstić information content (AvgIpc) is 3.29. The van der Waals surface area contributed by atoms with E-state index in [4.69, 9.17) is 9.47 Å². The summed E-state index contributed by atoms with van der Waals surface area (Å²) in [6.07, 6.45) is 3.57. The van der Waals surface area contributed by atoms with Crippen molar-refractivity contribution in [3.05, 3.63) is 91.4 Å². The summed E-state index contributed by atoms with van der Waals surface area (Å²) in [6.45, 7) is 0.318. The van der Waals surface area contributed by atoms with Gasteiger partial charge in [-0.15, -0.1) is 0 Å². The summed E-state index contributed by atoms with van der Waals surface area (Å²) in [5.41, 5.74) is 3.18. The van der Waals surface area contributed by atoms with Gasteiger partial charge in [0.05, 0.1) is 32.8 Å². The fourth-order valence-corrected chi connectivity index (χ4v) is 4.92. The molecular weight excluding hydrogens is 478 g/mol. The maximum absolute atomic E-state index is 13.0. The summed E-state index contributed by atoms with van der Waals surface area (Å²) in [7, 11) is 1.59. The number of benzene rings is 2. The summed E-state index contributed by atoms with van der Waals surface area (Å²) in [5.74, 6) is 1.15. The molecule has 2 aromatic carbocycles. The van der Waals surface area contributed by atoms with Crippen LogP contribution in [0.15, 0.2) is 70.1 Å². The zero-order valence-corrected chi connectivity index (χ0v) is 18.8. The van der Waals surface area contributed by atoms with Crippen LogP contribution in [0.5, 0.6) is 11.5 Å². The van der Waals surface area contributed by atoms with Crippen molar-refractivity contribution >= 4 is 49.3 Å². The first-order valence-corrected chi connectivity index (χ1v) is 11.1. The standard InChI is InChI=1S/C23H16BrN3O3S/c1-29-19-11-14(10-16(24)21(19)30-13-15-6-4-5-9-25-15)12-20-22(28)27-18-8-3-2-7-17(18)26-23(27)31-20/h2-12H,13H2,1H3/b20-12-. The number of methoxy groups -OCH3 is 1. The zero-order valence-electron chi connectivity index (χ0n) is 16.4. The second-order valence-electron chi connectivity index (χ2n) is 6.78. The van der Waals surface area contributed by atoms with Gasteiger partial charge in [-0.1, -0.05) is 29.5 Å². The zero-order chi connectivity index (χ0) is 21.4. The van der Waals surface area contributed by atoms with E-state index in [-0.39, 0.29) is 5.56 Å². The predicted molar refractivity (Wildman–Crippen MR) is 125 cm³/mol. The Morgan fingerprint density at radius 2 is 2.00 bits per heavy atom. The Balaban J connectivity index is 1.53. The van der Waals surface area contributed by atoms with Crippen LogP contribution in [0.2, 0.25) is 0 Å². The number of nitrogens with zero attached hydrogens (tertiary/aromatic N) is 3. The largest absolute Gasteiger partial charge is 0.493 e. The Labute approximate surface area is 189 Å². The highest BCUT2D eigenvalue weighted by Crippen LogP contribution is 2.37. The Hall–Kier alpha value is -3.23. The number of imidazole rings is 1. The van der Waals surface area contributed by atoms with Gasteiger partial charge in [-0.2, -0.15) is 0 Å². The third-order valence-electron chi connectivity index (χ3n) is 4.79. The lowest BCUT2D eigenvalue weighted by Crippen LogP contribution is -2.22. The second-order valence-corrected chi connectivity index (χ2v) is 8.64. The van der Waals surface area contributed by atoms with E-state index in [1.165, 1.54) is 11.3 Å². The van der Waals surface area contributed by atoms with Gasteiger partial charge in [0.15, 0.2) is 16.5 Å². The van der Waals surface area contributed by atoms with Crippen LogP contribution in [0.1, 0.15) is 11.3 Å². The highest BCUT2D eigenvalue weighted by atomic mass is 79.9. The number of aromatic nitrogens is 3. The topological polar surface area (TPSA) is 65.7 Å². The maximum atomic E-state index is 13.0. The summed E-state index contributed by atoms with van der Waals surface area (Å²) in [6, 6.07) is 17.0. The lowest BCUT2D eigenvalue weighted by Gasteiger charge is -2.13. The normalized spacial score (nSPS) is 12.0. The number of fused-ring (bicyclic) bond motifs is 3. The Bertz CT molecular complexity index is 1510. The third-order valence-corrected chi connectivity index (χ3v) is 6.34. The van der Waals surface area contributed by atoms with E-state index in [1.807, 2.05) is 60.7 Å². The lowest BCUT2D eigenvalue weighted by atomic mass is 10.2. The number of para-hydroxylation sites is 2. The van der Waals surface area contributed by atoms with Crippen molar-refractivity contribution in [2.24, 2.45) is 0 Å². The van der Waals surface area contributed by atoms with E-state index in [0.717, 1.165) is 26.8 Å². The molecule has 0 aliphatic carbocycles.